The van der Waals surface area contributed by atoms with E-state index in [1.165, 1.54) is 11.1 Å². The molecule has 1 aromatic heterocycles. The summed E-state index contributed by atoms with van der Waals surface area (Å²) in [6.07, 6.45) is 3.71. The highest BCUT2D eigenvalue weighted by molar-refractivity contribution is 5.98. The fourth-order valence-corrected chi connectivity index (χ4v) is 2.32. The predicted octanol–water partition coefficient (Wildman–Crippen LogP) is 4.60. The zero-order valence-electron chi connectivity index (χ0n) is 11.7. The number of aliphatic imine (C=N–C) groups is 1. The van der Waals surface area contributed by atoms with Crippen LogP contribution in [0, 0.1) is 13.8 Å². The van der Waals surface area contributed by atoms with E-state index in [-0.39, 0.29) is 0 Å². The van der Waals surface area contributed by atoms with Crippen LogP contribution in [0.5, 0.6) is 0 Å². The smallest absolute Gasteiger partial charge is 0.0789 e. The van der Waals surface area contributed by atoms with Crippen molar-refractivity contribution in [3.05, 3.63) is 71.4 Å². The van der Waals surface area contributed by atoms with Crippen LogP contribution in [0.1, 0.15) is 16.7 Å². The number of para-hydroxylation sites is 1. The van der Waals surface area contributed by atoms with Crippen LogP contribution in [0.2, 0.25) is 0 Å². The third-order valence-corrected chi connectivity index (χ3v) is 3.36. The summed E-state index contributed by atoms with van der Waals surface area (Å²) in [4.78, 5) is 9.04. The van der Waals surface area contributed by atoms with Gasteiger partial charge in [0.15, 0.2) is 0 Å². The molecule has 0 bridgehead atoms. The molecule has 0 atom stereocenters. The van der Waals surface area contributed by atoms with Crippen molar-refractivity contribution in [3.63, 3.8) is 0 Å². The lowest BCUT2D eigenvalue weighted by Gasteiger charge is -2.02. The molecule has 0 fully saturated rings. The van der Waals surface area contributed by atoms with Gasteiger partial charge in [-0.15, -0.1) is 0 Å². The van der Waals surface area contributed by atoms with E-state index in [0.29, 0.717) is 0 Å². The Hall–Kier alpha value is -2.48. The van der Waals surface area contributed by atoms with Crippen molar-refractivity contribution in [2.24, 2.45) is 4.99 Å². The van der Waals surface area contributed by atoms with Crippen LogP contribution in [-0.2, 0) is 0 Å². The van der Waals surface area contributed by atoms with Gasteiger partial charge < -0.3 is 0 Å². The summed E-state index contributed by atoms with van der Waals surface area (Å²) >= 11 is 0. The number of pyridine rings is 1. The molecular weight excluding hydrogens is 244 g/mol. The number of fused-ring (bicyclic) bond motifs is 1. The predicted molar refractivity (Wildman–Crippen MR) is 84.9 cm³/mol. The second-order valence-corrected chi connectivity index (χ2v) is 4.97. The molecule has 0 saturated carbocycles. The number of nitrogens with zero attached hydrogens (tertiary/aromatic N) is 2. The fourth-order valence-electron chi connectivity index (χ4n) is 2.32. The summed E-state index contributed by atoms with van der Waals surface area (Å²) in [5.74, 6) is 0. The number of benzene rings is 2. The Labute approximate surface area is 118 Å². The molecule has 3 rings (SSSR count). The van der Waals surface area contributed by atoms with Crippen molar-refractivity contribution in [1.82, 2.24) is 4.98 Å². The minimum absolute atomic E-state index is 0.989. The Kier molecular flexibility index (Phi) is 3.30. The molecule has 0 aliphatic carbocycles. The Balaban J connectivity index is 2.02. The van der Waals surface area contributed by atoms with Gasteiger partial charge in [-0.3, -0.25) is 9.98 Å². The second-order valence-electron chi connectivity index (χ2n) is 4.97. The molecule has 0 saturated heterocycles. The lowest BCUT2D eigenvalue weighted by molar-refractivity contribution is 1.35. The largest absolute Gasteiger partial charge is 0.256 e. The summed E-state index contributed by atoms with van der Waals surface area (Å²) < 4.78 is 0. The Morgan fingerprint density at radius 2 is 1.85 bits per heavy atom. The van der Waals surface area contributed by atoms with Crippen LogP contribution in [0.4, 0.5) is 5.69 Å². The number of rotatable bonds is 2. The van der Waals surface area contributed by atoms with E-state index in [1.807, 2.05) is 30.6 Å². The summed E-state index contributed by atoms with van der Waals surface area (Å²) in [6.45, 7) is 4.18. The average Bonchev–Trinajstić information content (AvgIpc) is 2.46. The van der Waals surface area contributed by atoms with Crippen LogP contribution in [0.3, 0.4) is 0 Å². The van der Waals surface area contributed by atoms with Gasteiger partial charge in [0.1, 0.15) is 0 Å². The van der Waals surface area contributed by atoms with Gasteiger partial charge in [0.05, 0.1) is 11.2 Å². The van der Waals surface area contributed by atoms with Gasteiger partial charge >= 0.3 is 0 Å². The standard InChI is InChI=1S/C18H16N2/c1-13-8-9-17(14(2)11-13)20-12-16-6-3-5-15-7-4-10-19-18(15)16/h3-12H,1-2H3. The summed E-state index contributed by atoms with van der Waals surface area (Å²) in [6, 6.07) is 16.4. The zero-order chi connectivity index (χ0) is 13.9. The van der Waals surface area contributed by atoms with Crippen LogP contribution in [0.25, 0.3) is 10.9 Å². The maximum absolute atomic E-state index is 4.60. The molecule has 98 valence electrons. The highest BCUT2D eigenvalue weighted by Crippen LogP contribution is 2.20. The van der Waals surface area contributed by atoms with E-state index in [1.54, 1.807) is 0 Å². The molecule has 2 nitrogen and oxygen atoms in total. The third kappa shape index (κ3) is 2.45. The quantitative estimate of drug-likeness (QED) is 0.618. The minimum atomic E-state index is 0.989. The van der Waals surface area contributed by atoms with Gasteiger partial charge in [-0.05, 0) is 31.5 Å². The average molecular weight is 260 g/mol. The van der Waals surface area contributed by atoms with Gasteiger partial charge in [0.25, 0.3) is 0 Å². The Morgan fingerprint density at radius 3 is 2.70 bits per heavy atom. The molecule has 0 radical (unpaired) electrons. The van der Waals surface area contributed by atoms with Gasteiger partial charge in [-0.2, -0.15) is 0 Å². The van der Waals surface area contributed by atoms with E-state index in [9.17, 15) is 0 Å². The highest BCUT2D eigenvalue weighted by atomic mass is 14.7. The van der Waals surface area contributed by atoms with E-state index in [0.717, 1.165) is 22.2 Å². The number of hydrogen-bond donors (Lipinski definition) is 0. The van der Waals surface area contributed by atoms with Crippen molar-refractivity contribution in [2.75, 3.05) is 0 Å². The molecular formula is C18H16N2. The highest BCUT2D eigenvalue weighted by Gasteiger charge is 2.00. The van der Waals surface area contributed by atoms with Crippen molar-refractivity contribution in [2.45, 2.75) is 13.8 Å². The molecule has 0 unspecified atom stereocenters. The number of hydrogen-bond acceptors (Lipinski definition) is 2. The Morgan fingerprint density at radius 1 is 1.00 bits per heavy atom. The van der Waals surface area contributed by atoms with Gasteiger partial charge in [-0.25, -0.2) is 0 Å². The molecule has 3 aromatic rings. The maximum Gasteiger partial charge on any atom is 0.0789 e. The van der Waals surface area contributed by atoms with E-state index in [2.05, 4.69) is 54.2 Å². The van der Waals surface area contributed by atoms with E-state index < -0.39 is 0 Å². The van der Waals surface area contributed by atoms with Crippen molar-refractivity contribution in [1.29, 1.82) is 0 Å². The summed E-state index contributed by atoms with van der Waals surface area (Å²) in [7, 11) is 0. The van der Waals surface area contributed by atoms with Crippen LogP contribution in [-0.4, -0.2) is 11.2 Å². The van der Waals surface area contributed by atoms with Gasteiger partial charge in [-0.1, -0.05) is 42.0 Å². The SMILES string of the molecule is Cc1ccc(N=Cc2cccc3cccnc23)c(C)c1. The van der Waals surface area contributed by atoms with Crippen LogP contribution >= 0.6 is 0 Å². The van der Waals surface area contributed by atoms with E-state index >= 15 is 0 Å². The van der Waals surface area contributed by atoms with Crippen LogP contribution < -0.4 is 0 Å². The first-order valence-corrected chi connectivity index (χ1v) is 6.69. The molecule has 0 aliphatic rings. The fraction of sp³-hybridized carbons (Fsp3) is 0.111. The van der Waals surface area contributed by atoms with Crippen molar-refractivity contribution < 1.29 is 0 Å². The first-order valence-electron chi connectivity index (χ1n) is 6.69. The second kappa shape index (κ2) is 5.25. The lowest BCUT2D eigenvalue weighted by Crippen LogP contribution is -1.87. The molecule has 2 aromatic carbocycles. The molecule has 1 heterocycles. The minimum Gasteiger partial charge on any atom is -0.256 e. The summed E-state index contributed by atoms with van der Waals surface area (Å²) in [5, 5.41) is 1.14. The normalized spacial score (nSPS) is 11.3. The molecule has 2 heteroatoms. The number of aromatic nitrogens is 1. The maximum atomic E-state index is 4.60. The molecule has 0 spiro atoms. The summed E-state index contributed by atoms with van der Waals surface area (Å²) in [5.41, 5.74) is 5.48. The topological polar surface area (TPSA) is 25.2 Å². The van der Waals surface area contributed by atoms with Crippen molar-refractivity contribution >= 4 is 22.8 Å². The zero-order valence-corrected chi connectivity index (χ0v) is 11.7. The Bertz CT molecular complexity index is 783. The molecule has 20 heavy (non-hydrogen) atoms. The van der Waals surface area contributed by atoms with Crippen molar-refractivity contribution in [3.8, 4) is 0 Å². The van der Waals surface area contributed by atoms with Crippen LogP contribution in [0.15, 0.2) is 59.7 Å². The van der Waals surface area contributed by atoms with E-state index in [4.69, 9.17) is 0 Å². The third-order valence-electron chi connectivity index (χ3n) is 3.36. The first-order chi connectivity index (χ1) is 9.74. The molecule has 0 aliphatic heterocycles. The van der Waals surface area contributed by atoms with Gasteiger partial charge in [0, 0.05) is 23.4 Å². The number of aryl methyl sites for hydroxylation is 2. The lowest BCUT2D eigenvalue weighted by atomic mass is 10.1. The molecule has 0 N–H and O–H groups in total. The first kappa shape index (κ1) is 12.5. The monoisotopic (exact) mass is 260 g/mol. The molecule has 0 amide bonds. The van der Waals surface area contributed by atoms with Gasteiger partial charge in [0.2, 0.25) is 0 Å².